The van der Waals surface area contributed by atoms with E-state index in [2.05, 4.69) is 32.3 Å². The van der Waals surface area contributed by atoms with Crippen LogP contribution in [0.1, 0.15) is 0 Å². The Labute approximate surface area is 139 Å². The fourth-order valence-electron chi connectivity index (χ4n) is 2.59. The molecule has 0 radical (unpaired) electrons. The zero-order valence-electron chi connectivity index (χ0n) is 13.5. The molecule has 0 amide bonds. The van der Waals surface area contributed by atoms with Crippen LogP contribution in [0.4, 0.5) is 0 Å². The highest BCUT2D eigenvalue weighted by Gasteiger charge is 2.07. The van der Waals surface area contributed by atoms with Crippen LogP contribution in [0.3, 0.4) is 0 Å². The van der Waals surface area contributed by atoms with Gasteiger partial charge < -0.3 is 0 Å². The summed E-state index contributed by atoms with van der Waals surface area (Å²) in [5, 5.41) is 8.59. The van der Waals surface area contributed by atoms with Crippen molar-refractivity contribution in [1.82, 2.24) is 29.5 Å². The van der Waals surface area contributed by atoms with Crippen LogP contribution in [0.15, 0.2) is 61.3 Å². The number of benzene rings is 1. The minimum atomic E-state index is 0.695. The molecule has 1 aromatic carbocycles. The first kappa shape index (κ1) is 14.3. The summed E-state index contributed by atoms with van der Waals surface area (Å²) in [6.45, 7) is 0. The third kappa shape index (κ3) is 2.69. The van der Waals surface area contributed by atoms with Crippen molar-refractivity contribution >= 4 is 0 Å². The van der Waals surface area contributed by atoms with Gasteiger partial charge in [0.15, 0.2) is 5.82 Å². The number of aromatic nitrogens is 6. The summed E-state index contributed by atoms with van der Waals surface area (Å²) in [4.78, 5) is 8.99. The second-order valence-corrected chi connectivity index (χ2v) is 5.65. The number of hydrogen-bond donors (Lipinski definition) is 0. The quantitative estimate of drug-likeness (QED) is 0.583. The van der Waals surface area contributed by atoms with Crippen molar-refractivity contribution in [2.75, 3.05) is 0 Å². The lowest BCUT2D eigenvalue weighted by Gasteiger charge is -2.04. The Kier molecular flexibility index (Phi) is 3.42. The molecule has 0 saturated heterocycles. The highest BCUT2D eigenvalue weighted by molar-refractivity contribution is 5.69. The Balaban J connectivity index is 1.66. The predicted octanol–water partition coefficient (Wildman–Crippen LogP) is 2.94. The normalized spacial score (nSPS) is 10.9. The Morgan fingerprint density at radius 2 is 1.58 bits per heavy atom. The van der Waals surface area contributed by atoms with Crippen molar-refractivity contribution < 1.29 is 0 Å². The first-order valence-electron chi connectivity index (χ1n) is 7.60. The van der Waals surface area contributed by atoms with Crippen molar-refractivity contribution in [2.45, 2.75) is 0 Å². The molecule has 0 bridgehead atoms. The molecule has 0 aliphatic heterocycles. The largest absolute Gasteiger partial charge is 0.275 e. The molecule has 24 heavy (non-hydrogen) atoms. The van der Waals surface area contributed by atoms with E-state index in [9.17, 15) is 0 Å². The van der Waals surface area contributed by atoms with E-state index in [1.165, 1.54) is 0 Å². The van der Waals surface area contributed by atoms with E-state index in [0.29, 0.717) is 5.82 Å². The van der Waals surface area contributed by atoms with Gasteiger partial charge in [-0.05, 0) is 17.7 Å². The van der Waals surface area contributed by atoms with Gasteiger partial charge in [-0.3, -0.25) is 9.36 Å². The van der Waals surface area contributed by atoms with Crippen LogP contribution in [-0.2, 0) is 14.1 Å². The van der Waals surface area contributed by atoms with Gasteiger partial charge in [0.05, 0.1) is 11.9 Å². The van der Waals surface area contributed by atoms with Crippen molar-refractivity contribution in [3.8, 4) is 33.8 Å². The summed E-state index contributed by atoms with van der Waals surface area (Å²) in [5.41, 5.74) is 4.92. The van der Waals surface area contributed by atoms with Gasteiger partial charge in [0.25, 0.3) is 0 Å². The fourth-order valence-corrected chi connectivity index (χ4v) is 2.59. The fraction of sp³-hybridized carbons (Fsp3) is 0.111. The third-order valence-electron chi connectivity index (χ3n) is 3.82. The molecule has 0 aliphatic rings. The third-order valence-corrected chi connectivity index (χ3v) is 3.82. The lowest BCUT2D eigenvalue weighted by Crippen LogP contribution is -1.92. The van der Waals surface area contributed by atoms with E-state index in [1.807, 2.05) is 50.9 Å². The highest BCUT2D eigenvalue weighted by atomic mass is 15.2. The van der Waals surface area contributed by atoms with Gasteiger partial charge in [0.1, 0.15) is 0 Å². The molecule has 0 atom stereocenters. The van der Waals surface area contributed by atoms with E-state index < -0.39 is 0 Å². The average molecular weight is 316 g/mol. The molecule has 3 heterocycles. The van der Waals surface area contributed by atoms with E-state index in [-0.39, 0.29) is 0 Å². The minimum absolute atomic E-state index is 0.695. The van der Waals surface area contributed by atoms with Crippen LogP contribution in [-0.4, -0.2) is 29.5 Å². The van der Waals surface area contributed by atoms with Crippen LogP contribution in [0.25, 0.3) is 33.8 Å². The number of nitrogens with zero attached hydrogens (tertiary/aromatic N) is 6. The summed E-state index contributed by atoms with van der Waals surface area (Å²) in [5.74, 6) is 0.695. The lowest BCUT2D eigenvalue weighted by molar-refractivity contribution is 0.768. The minimum Gasteiger partial charge on any atom is -0.275 e. The molecule has 6 nitrogen and oxygen atoms in total. The monoisotopic (exact) mass is 316 g/mol. The zero-order valence-corrected chi connectivity index (χ0v) is 13.5. The first-order chi connectivity index (χ1) is 11.7. The van der Waals surface area contributed by atoms with E-state index in [1.54, 1.807) is 21.8 Å². The van der Waals surface area contributed by atoms with Crippen molar-refractivity contribution in [3.05, 3.63) is 61.3 Å². The second kappa shape index (κ2) is 5.73. The van der Waals surface area contributed by atoms with E-state index >= 15 is 0 Å². The van der Waals surface area contributed by atoms with Gasteiger partial charge in [0, 0.05) is 55.6 Å². The second-order valence-electron chi connectivity index (χ2n) is 5.65. The van der Waals surface area contributed by atoms with Gasteiger partial charge in [-0.25, -0.2) is 9.97 Å². The standard InChI is InChI=1S/C18H16N6/c1-23-7-6-17(22-23)15-9-19-18(20-10-15)14-5-3-4-13(8-14)16-11-21-24(2)12-16/h3-12H,1-2H3. The predicted molar refractivity (Wildman–Crippen MR) is 91.9 cm³/mol. The van der Waals surface area contributed by atoms with E-state index in [0.717, 1.165) is 27.9 Å². The average Bonchev–Trinajstić information content (AvgIpc) is 3.24. The molecule has 0 aliphatic carbocycles. The van der Waals surface area contributed by atoms with Crippen LogP contribution in [0.2, 0.25) is 0 Å². The van der Waals surface area contributed by atoms with Gasteiger partial charge in [0.2, 0.25) is 0 Å². The SMILES string of the molecule is Cn1cc(-c2cccc(-c3ncc(-c4ccn(C)n4)cn3)c2)cn1. The van der Waals surface area contributed by atoms with Gasteiger partial charge in [-0.15, -0.1) is 0 Å². The summed E-state index contributed by atoms with van der Waals surface area (Å²) < 4.78 is 3.56. The number of rotatable bonds is 3. The summed E-state index contributed by atoms with van der Waals surface area (Å²) in [7, 11) is 3.80. The molecule has 4 aromatic rings. The molecule has 0 saturated carbocycles. The van der Waals surface area contributed by atoms with Gasteiger partial charge >= 0.3 is 0 Å². The van der Waals surface area contributed by atoms with Crippen LogP contribution in [0.5, 0.6) is 0 Å². The molecule has 0 spiro atoms. The molecule has 3 aromatic heterocycles. The van der Waals surface area contributed by atoms with Crippen molar-refractivity contribution in [3.63, 3.8) is 0 Å². The molecule has 0 unspecified atom stereocenters. The van der Waals surface area contributed by atoms with Gasteiger partial charge in [-0.1, -0.05) is 18.2 Å². The first-order valence-corrected chi connectivity index (χ1v) is 7.60. The maximum absolute atomic E-state index is 4.49. The smallest absolute Gasteiger partial charge is 0.159 e. The summed E-state index contributed by atoms with van der Waals surface area (Å²) in [6, 6.07) is 10.1. The Morgan fingerprint density at radius 3 is 2.25 bits per heavy atom. The Morgan fingerprint density at radius 1 is 0.792 bits per heavy atom. The molecule has 118 valence electrons. The summed E-state index contributed by atoms with van der Waals surface area (Å²) >= 11 is 0. The number of hydrogen-bond acceptors (Lipinski definition) is 4. The molecule has 0 fully saturated rings. The molecule has 0 N–H and O–H groups in total. The maximum atomic E-state index is 4.49. The lowest BCUT2D eigenvalue weighted by atomic mass is 10.1. The zero-order chi connectivity index (χ0) is 16.5. The Bertz CT molecular complexity index is 981. The van der Waals surface area contributed by atoms with Crippen LogP contribution >= 0.6 is 0 Å². The molecular formula is C18H16N6. The van der Waals surface area contributed by atoms with Crippen molar-refractivity contribution in [2.24, 2.45) is 14.1 Å². The molecular weight excluding hydrogens is 300 g/mol. The topological polar surface area (TPSA) is 61.4 Å². The van der Waals surface area contributed by atoms with Crippen LogP contribution < -0.4 is 0 Å². The van der Waals surface area contributed by atoms with E-state index in [4.69, 9.17) is 0 Å². The molecule has 4 rings (SSSR count). The molecule has 6 heteroatoms. The summed E-state index contributed by atoms with van der Waals surface area (Å²) in [6.07, 6.45) is 9.36. The van der Waals surface area contributed by atoms with Gasteiger partial charge in [-0.2, -0.15) is 10.2 Å². The maximum Gasteiger partial charge on any atom is 0.159 e. The highest BCUT2D eigenvalue weighted by Crippen LogP contribution is 2.24. The Hall–Kier alpha value is -3.28. The van der Waals surface area contributed by atoms with Crippen LogP contribution in [0, 0.1) is 0 Å². The number of aryl methyl sites for hydroxylation is 2. The van der Waals surface area contributed by atoms with Crippen molar-refractivity contribution in [1.29, 1.82) is 0 Å².